The number of carbonyl (C=O) groups is 2. The predicted octanol–water partition coefficient (Wildman–Crippen LogP) is 5.40. The van der Waals surface area contributed by atoms with Crippen LogP contribution in [0.25, 0.3) is 10.9 Å². The molecule has 6 nitrogen and oxygen atoms in total. The molecule has 0 spiro atoms. The Hall–Kier alpha value is -3.71. The molecule has 4 aromatic rings. The van der Waals surface area contributed by atoms with E-state index < -0.39 is 0 Å². The zero-order valence-electron chi connectivity index (χ0n) is 20.8. The van der Waals surface area contributed by atoms with E-state index in [4.69, 9.17) is 4.98 Å². The maximum atomic E-state index is 13.6. The predicted molar refractivity (Wildman–Crippen MR) is 148 cm³/mol. The minimum Gasteiger partial charge on any atom is -0.349 e. The van der Waals surface area contributed by atoms with Gasteiger partial charge in [0.2, 0.25) is 0 Å². The van der Waals surface area contributed by atoms with Crippen LogP contribution in [0.4, 0.5) is 0 Å². The van der Waals surface area contributed by atoms with Gasteiger partial charge in [-0.2, -0.15) is 0 Å². The molecule has 0 bridgehead atoms. The Kier molecular flexibility index (Phi) is 7.51. The first-order chi connectivity index (χ1) is 18.0. The molecule has 0 radical (unpaired) electrons. The van der Waals surface area contributed by atoms with E-state index in [1.807, 2.05) is 49.4 Å². The summed E-state index contributed by atoms with van der Waals surface area (Å²) in [5, 5.41) is 4.00. The summed E-state index contributed by atoms with van der Waals surface area (Å²) >= 11 is 1.24. The quantitative estimate of drug-likeness (QED) is 0.195. The van der Waals surface area contributed by atoms with Gasteiger partial charge in [-0.1, -0.05) is 84.8 Å². The third kappa shape index (κ3) is 5.83. The third-order valence-electron chi connectivity index (χ3n) is 6.76. The van der Waals surface area contributed by atoms with Gasteiger partial charge in [-0.15, -0.1) is 0 Å². The van der Waals surface area contributed by atoms with Gasteiger partial charge in [-0.25, -0.2) is 4.98 Å². The molecule has 1 N–H and O–H groups in total. The molecule has 7 heteroatoms. The number of Topliss-reactive ketones (excluding diaryl/α,β-unsaturated/α-hetero) is 1. The molecular weight excluding hydrogens is 482 g/mol. The van der Waals surface area contributed by atoms with Gasteiger partial charge in [0.1, 0.15) is 0 Å². The molecular formula is C30H29N3O3S. The molecule has 1 amide bonds. The van der Waals surface area contributed by atoms with E-state index in [-0.39, 0.29) is 29.0 Å². The molecule has 1 fully saturated rings. The Balaban J connectivity index is 1.49. The van der Waals surface area contributed by atoms with Crippen LogP contribution in [0.2, 0.25) is 0 Å². The van der Waals surface area contributed by atoms with Crippen molar-refractivity contribution in [2.75, 3.05) is 5.75 Å². The fourth-order valence-corrected chi connectivity index (χ4v) is 5.54. The lowest BCUT2D eigenvalue weighted by Gasteiger charge is -2.15. The van der Waals surface area contributed by atoms with Gasteiger partial charge < -0.3 is 5.32 Å². The summed E-state index contributed by atoms with van der Waals surface area (Å²) in [5.74, 6) is -0.0306. The molecule has 5 rings (SSSR count). The van der Waals surface area contributed by atoms with Crippen LogP contribution in [0, 0.1) is 6.92 Å². The maximum absolute atomic E-state index is 13.6. The maximum Gasteiger partial charge on any atom is 0.262 e. The van der Waals surface area contributed by atoms with Crippen LogP contribution < -0.4 is 10.9 Å². The second-order valence-electron chi connectivity index (χ2n) is 9.54. The fraction of sp³-hybridized carbons (Fsp3) is 0.267. The Morgan fingerprint density at radius 2 is 1.70 bits per heavy atom. The highest BCUT2D eigenvalue weighted by Crippen LogP contribution is 2.22. The average Bonchev–Trinajstić information content (AvgIpc) is 3.43. The van der Waals surface area contributed by atoms with Crippen LogP contribution >= 0.6 is 11.8 Å². The lowest BCUT2D eigenvalue weighted by atomic mass is 10.1. The highest BCUT2D eigenvalue weighted by molar-refractivity contribution is 7.99. The van der Waals surface area contributed by atoms with Crippen molar-refractivity contribution in [3.63, 3.8) is 0 Å². The minimum absolute atomic E-state index is 0.0356. The van der Waals surface area contributed by atoms with Crippen LogP contribution in [0.1, 0.15) is 57.5 Å². The van der Waals surface area contributed by atoms with Crippen LogP contribution in [0.5, 0.6) is 0 Å². The van der Waals surface area contributed by atoms with Gasteiger partial charge in [-0.05, 0) is 43.5 Å². The molecule has 1 aliphatic carbocycles. The van der Waals surface area contributed by atoms with Gasteiger partial charge in [0.05, 0.1) is 23.2 Å². The number of nitrogens with zero attached hydrogens (tertiary/aromatic N) is 2. The first-order valence-corrected chi connectivity index (χ1v) is 13.6. The number of amides is 1. The lowest BCUT2D eigenvalue weighted by Crippen LogP contribution is -2.32. The number of thioether (sulfide) groups is 1. The molecule has 0 atom stereocenters. The molecule has 0 unspecified atom stereocenters. The van der Waals surface area contributed by atoms with Gasteiger partial charge in [0.15, 0.2) is 10.9 Å². The Morgan fingerprint density at radius 1 is 0.973 bits per heavy atom. The molecule has 1 heterocycles. The van der Waals surface area contributed by atoms with Crippen LogP contribution in [-0.4, -0.2) is 33.0 Å². The average molecular weight is 512 g/mol. The van der Waals surface area contributed by atoms with E-state index in [0.29, 0.717) is 33.7 Å². The summed E-state index contributed by atoms with van der Waals surface area (Å²) in [6, 6.07) is 22.4. The summed E-state index contributed by atoms with van der Waals surface area (Å²) in [4.78, 5) is 44.0. The van der Waals surface area contributed by atoms with Crippen LogP contribution in [0.15, 0.2) is 82.7 Å². The number of hydrogen-bond donors (Lipinski definition) is 1. The van der Waals surface area contributed by atoms with Crippen molar-refractivity contribution >= 4 is 34.4 Å². The second-order valence-corrected chi connectivity index (χ2v) is 10.5. The Morgan fingerprint density at radius 3 is 2.43 bits per heavy atom. The molecule has 188 valence electrons. The van der Waals surface area contributed by atoms with E-state index >= 15 is 0 Å². The lowest BCUT2D eigenvalue weighted by molar-refractivity contribution is 0.0937. The summed E-state index contributed by atoms with van der Waals surface area (Å²) in [6.45, 7) is 2.36. The Labute approximate surface area is 220 Å². The van der Waals surface area contributed by atoms with Gasteiger partial charge in [0.25, 0.3) is 11.5 Å². The highest BCUT2D eigenvalue weighted by Gasteiger charge is 2.20. The summed E-state index contributed by atoms with van der Waals surface area (Å²) in [5.41, 5.74) is 3.48. The first kappa shape index (κ1) is 25.0. The molecule has 1 aromatic heterocycles. The number of ketones is 1. The summed E-state index contributed by atoms with van der Waals surface area (Å²) < 4.78 is 1.62. The number of hydrogen-bond acceptors (Lipinski definition) is 5. The number of aryl methyl sites for hydroxylation is 1. The first-order valence-electron chi connectivity index (χ1n) is 12.6. The third-order valence-corrected chi connectivity index (χ3v) is 7.74. The van der Waals surface area contributed by atoms with Crippen LogP contribution in [0.3, 0.4) is 0 Å². The van der Waals surface area contributed by atoms with Gasteiger partial charge in [-0.3, -0.25) is 19.0 Å². The monoisotopic (exact) mass is 511 g/mol. The summed E-state index contributed by atoms with van der Waals surface area (Å²) in [6.07, 6.45) is 4.26. The number of rotatable bonds is 8. The molecule has 3 aromatic carbocycles. The van der Waals surface area contributed by atoms with Crippen molar-refractivity contribution in [2.24, 2.45) is 0 Å². The van der Waals surface area contributed by atoms with Gasteiger partial charge in [0, 0.05) is 17.2 Å². The van der Waals surface area contributed by atoms with Crippen molar-refractivity contribution < 1.29 is 9.59 Å². The number of carbonyl (C=O) groups excluding carboxylic acids is 2. The topological polar surface area (TPSA) is 81.1 Å². The zero-order chi connectivity index (χ0) is 25.8. The van der Waals surface area contributed by atoms with Crippen molar-refractivity contribution in [1.29, 1.82) is 0 Å². The molecule has 37 heavy (non-hydrogen) atoms. The number of nitrogens with one attached hydrogen (secondary N) is 1. The van der Waals surface area contributed by atoms with Crippen LogP contribution in [-0.2, 0) is 6.54 Å². The number of benzene rings is 3. The normalized spacial score (nSPS) is 13.6. The fourth-order valence-electron chi connectivity index (χ4n) is 4.64. The van der Waals surface area contributed by atoms with E-state index in [1.54, 1.807) is 34.9 Å². The molecule has 1 aliphatic rings. The Bertz CT molecular complexity index is 1490. The molecule has 0 aliphatic heterocycles. The molecule has 1 saturated carbocycles. The second kappa shape index (κ2) is 11.1. The van der Waals surface area contributed by atoms with Crippen molar-refractivity contribution in [2.45, 2.75) is 50.4 Å². The zero-order valence-corrected chi connectivity index (χ0v) is 21.6. The largest absolute Gasteiger partial charge is 0.349 e. The van der Waals surface area contributed by atoms with E-state index in [2.05, 4.69) is 5.32 Å². The van der Waals surface area contributed by atoms with E-state index in [0.717, 1.165) is 36.8 Å². The van der Waals surface area contributed by atoms with E-state index in [9.17, 15) is 14.4 Å². The standard InChI is InChI=1S/C30H29N3O3S/c1-20-11-13-21(14-12-20)18-33-29(36)25-16-15-23(28(35)31-24-9-5-6-10-24)17-26(25)32-30(33)37-19-27(34)22-7-3-2-4-8-22/h2-4,7-8,11-17,24H,5-6,9-10,18-19H2,1H3,(H,31,35). The van der Waals surface area contributed by atoms with Crippen molar-refractivity contribution in [3.8, 4) is 0 Å². The SMILES string of the molecule is Cc1ccc(Cn2c(SCC(=O)c3ccccc3)nc3cc(C(=O)NC4CCCC4)ccc3c2=O)cc1. The molecule has 0 saturated heterocycles. The van der Waals surface area contributed by atoms with E-state index in [1.165, 1.54) is 11.8 Å². The minimum atomic E-state index is -0.192. The van der Waals surface area contributed by atoms with Crippen molar-refractivity contribution in [1.82, 2.24) is 14.9 Å². The number of fused-ring (bicyclic) bond motifs is 1. The smallest absolute Gasteiger partial charge is 0.262 e. The number of aromatic nitrogens is 2. The highest BCUT2D eigenvalue weighted by atomic mass is 32.2. The van der Waals surface area contributed by atoms with Gasteiger partial charge >= 0.3 is 0 Å². The summed E-state index contributed by atoms with van der Waals surface area (Å²) in [7, 11) is 0. The van der Waals surface area contributed by atoms with Crippen molar-refractivity contribution in [3.05, 3.63) is 105 Å².